The molecular formula is C23H26ClN7O4S. The summed E-state index contributed by atoms with van der Waals surface area (Å²) in [6.07, 6.45) is 4.27. The Morgan fingerprint density at radius 2 is 1.69 bits per heavy atom. The minimum absolute atomic E-state index is 0.0325. The van der Waals surface area contributed by atoms with Gasteiger partial charge in [-0.2, -0.15) is 5.10 Å². The Morgan fingerprint density at radius 1 is 1.00 bits per heavy atom. The van der Waals surface area contributed by atoms with Crippen molar-refractivity contribution in [2.24, 2.45) is 0 Å². The van der Waals surface area contributed by atoms with E-state index in [9.17, 15) is 8.42 Å². The molecule has 0 saturated heterocycles. The number of nitrogens with one attached hydrogen (secondary N) is 2. The summed E-state index contributed by atoms with van der Waals surface area (Å²) in [5.41, 5.74) is 2.34. The Morgan fingerprint density at radius 3 is 2.33 bits per heavy atom. The first-order chi connectivity index (χ1) is 17.0. The molecule has 11 nitrogen and oxygen atoms in total. The zero-order valence-electron chi connectivity index (χ0n) is 20.5. The van der Waals surface area contributed by atoms with Crippen LogP contribution in [0.5, 0.6) is 11.5 Å². The molecule has 0 radical (unpaired) electrons. The fraction of sp³-hybridized carbons (Fsp3) is 0.348. The van der Waals surface area contributed by atoms with Gasteiger partial charge in [0.2, 0.25) is 5.28 Å². The number of aromatic amines is 1. The number of nitrogens with zero attached hydrogens (tertiary/aromatic N) is 5. The number of benzene rings is 1. The molecule has 190 valence electrons. The largest absolute Gasteiger partial charge is 0.489 e. The van der Waals surface area contributed by atoms with Crippen molar-refractivity contribution < 1.29 is 17.9 Å². The van der Waals surface area contributed by atoms with E-state index in [-0.39, 0.29) is 29.1 Å². The van der Waals surface area contributed by atoms with E-state index >= 15 is 0 Å². The van der Waals surface area contributed by atoms with Gasteiger partial charge in [-0.25, -0.2) is 28.4 Å². The second-order valence-corrected chi connectivity index (χ2v) is 12.0. The third-order valence-corrected chi connectivity index (χ3v) is 8.20. The zero-order chi connectivity index (χ0) is 26.1. The summed E-state index contributed by atoms with van der Waals surface area (Å²) >= 11 is 5.68. The highest BCUT2D eigenvalue weighted by Gasteiger charge is 2.34. The maximum Gasteiger partial charge on any atom is 0.222 e. The molecule has 0 saturated carbocycles. The lowest BCUT2D eigenvalue weighted by Gasteiger charge is -2.22. The molecule has 3 heterocycles. The Hall–Kier alpha value is -3.51. The molecule has 2 N–H and O–H groups in total. The first kappa shape index (κ1) is 25.6. The fourth-order valence-corrected chi connectivity index (χ4v) is 4.63. The van der Waals surface area contributed by atoms with Crippen LogP contribution in [-0.2, 0) is 9.84 Å². The van der Waals surface area contributed by atoms with Gasteiger partial charge in [-0.05, 0) is 52.3 Å². The highest BCUT2D eigenvalue weighted by atomic mass is 35.5. The van der Waals surface area contributed by atoms with Gasteiger partial charge in [0.25, 0.3) is 0 Å². The summed E-state index contributed by atoms with van der Waals surface area (Å²) in [6, 6.07) is 3.13. The highest BCUT2D eigenvalue weighted by Crippen LogP contribution is 2.37. The summed E-state index contributed by atoms with van der Waals surface area (Å²) in [4.78, 5) is 16.4. The van der Waals surface area contributed by atoms with E-state index in [1.54, 1.807) is 26.8 Å². The molecule has 13 heteroatoms. The smallest absolute Gasteiger partial charge is 0.222 e. The van der Waals surface area contributed by atoms with E-state index in [1.165, 1.54) is 24.8 Å². The van der Waals surface area contributed by atoms with Crippen molar-refractivity contribution in [3.05, 3.63) is 47.4 Å². The molecule has 0 unspecified atom stereocenters. The lowest BCUT2D eigenvalue weighted by Crippen LogP contribution is -2.28. The molecule has 0 aliphatic carbocycles. The van der Waals surface area contributed by atoms with Gasteiger partial charge in [0.15, 0.2) is 21.4 Å². The molecule has 0 atom stereocenters. The predicted octanol–water partition coefficient (Wildman–Crippen LogP) is 4.19. The lowest BCUT2D eigenvalue weighted by atomic mass is 10.2. The maximum absolute atomic E-state index is 13.5. The van der Waals surface area contributed by atoms with Crippen molar-refractivity contribution in [3.63, 3.8) is 0 Å². The SMILES string of the molecule is Cc1[nH]nc(Nc2ncnc3cc(OCCOc4cnc(Cl)nc4)c(S(=O)(=O)C(C)(C)C)cc23)c1C. The molecule has 1 aromatic carbocycles. The lowest BCUT2D eigenvalue weighted by molar-refractivity contribution is 0.213. The van der Waals surface area contributed by atoms with E-state index in [0.29, 0.717) is 28.3 Å². The molecule has 36 heavy (non-hydrogen) atoms. The minimum Gasteiger partial charge on any atom is -0.489 e. The van der Waals surface area contributed by atoms with Gasteiger partial charge < -0.3 is 14.8 Å². The Kier molecular flexibility index (Phi) is 7.01. The Bertz CT molecular complexity index is 1500. The zero-order valence-corrected chi connectivity index (χ0v) is 22.0. The van der Waals surface area contributed by atoms with Gasteiger partial charge in [-0.3, -0.25) is 5.10 Å². The van der Waals surface area contributed by atoms with E-state index in [2.05, 4.69) is 35.5 Å². The molecular weight excluding hydrogens is 506 g/mol. The number of fused-ring (bicyclic) bond motifs is 1. The summed E-state index contributed by atoms with van der Waals surface area (Å²) in [6.45, 7) is 8.94. The Balaban J connectivity index is 1.68. The van der Waals surface area contributed by atoms with Crippen LogP contribution in [0.1, 0.15) is 32.0 Å². The first-order valence-corrected chi connectivity index (χ1v) is 12.9. The monoisotopic (exact) mass is 531 g/mol. The summed E-state index contributed by atoms with van der Waals surface area (Å²) < 4.78 is 37.4. The van der Waals surface area contributed by atoms with Crippen LogP contribution in [0.2, 0.25) is 5.28 Å². The molecule has 0 aliphatic rings. The van der Waals surface area contributed by atoms with Gasteiger partial charge in [0.1, 0.15) is 36.0 Å². The van der Waals surface area contributed by atoms with Crippen molar-refractivity contribution in [1.29, 1.82) is 0 Å². The average Bonchev–Trinajstić information content (AvgIpc) is 3.14. The van der Waals surface area contributed by atoms with E-state index in [1.807, 2.05) is 13.8 Å². The number of hydrogen-bond donors (Lipinski definition) is 2. The molecule has 0 aliphatic heterocycles. The van der Waals surface area contributed by atoms with Gasteiger partial charge in [0.05, 0.1) is 22.7 Å². The van der Waals surface area contributed by atoms with Gasteiger partial charge in [-0.1, -0.05) is 0 Å². The minimum atomic E-state index is -3.79. The summed E-state index contributed by atoms with van der Waals surface area (Å²) in [7, 11) is -3.79. The molecule has 0 bridgehead atoms. The highest BCUT2D eigenvalue weighted by molar-refractivity contribution is 7.92. The van der Waals surface area contributed by atoms with Crippen LogP contribution >= 0.6 is 11.6 Å². The van der Waals surface area contributed by atoms with Gasteiger partial charge >= 0.3 is 0 Å². The number of hydrogen-bond acceptors (Lipinski definition) is 10. The third-order valence-electron chi connectivity index (χ3n) is 5.49. The first-order valence-electron chi connectivity index (χ1n) is 11.0. The number of rotatable bonds is 8. The van der Waals surface area contributed by atoms with Crippen LogP contribution < -0.4 is 14.8 Å². The van der Waals surface area contributed by atoms with Crippen LogP contribution in [0, 0.1) is 13.8 Å². The quantitative estimate of drug-likeness (QED) is 0.251. The number of halogens is 1. The van der Waals surface area contributed by atoms with Crippen LogP contribution in [0.4, 0.5) is 11.6 Å². The predicted molar refractivity (Wildman–Crippen MR) is 136 cm³/mol. The topological polar surface area (TPSA) is 145 Å². The molecule has 0 fully saturated rings. The Labute approximate surface area is 213 Å². The van der Waals surface area contributed by atoms with E-state index < -0.39 is 14.6 Å². The molecule has 3 aromatic heterocycles. The number of H-pyrrole nitrogens is 1. The summed E-state index contributed by atoms with van der Waals surface area (Å²) in [5.74, 6) is 1.61. The van der Waals surface area contributed by atoms with Gasteiger partial charge in [-0.15, -0.1) is 0 Å². The number of anilines is 2. The van der Waals surface area contributed by atoms with Crippen LogP contribution in [0.3, 0.4) is 0 Å². The van der Waals surface area contributed by atoms with Crippen molar-refractivity contribution in [2.75, 3.05) is 18.5 Å². The number of ether oxygens (including phenoxy) is 2. The van der Waals surface area contributed by atoms with Crippen LogP contribution in [0.25, 0.3) is 10.9 Å². The van der Waals surface area contributed by atoms with Crippen molar-refractivity contribution in [3.8, 4) is 11.5 Å². The second kappa shape index (κ2) is 9.86. The van der Waals surface area contributed by atoms with E-state index in [4.69, 9.17) is 21.1 Å². The van der Waals surface area contributed by atoms with E-state index in [0.717, 1.165) is 11.3 Å². The maximum atomic E-state index is 13.5. The van der Waals surface area contributed by atoms with Crippen LogP contribution in [-0.4, -0.2) is 56.5 Å². The average molecular weight is 532 g/mol. The van der Waals surface area contributed by atoms with Gasteiger partial charge in [0, 0.05) is 22.7 Å². The number of aromatic nitrogens is 6. The van der Waals surface area contributed by atoms with Crippen molar-refractivity contribution >= 4 is 44.0 Å². The normalized spacial score (nSPS) is 12.1. The third kappa shape index (κ3) is 5.19. The summed E-state index contributed by atoms with van der Waals surface area (Å²) in [5, 5.41) is 11.0. The van der Waals surface area contributed by atoms with Crippen molar-refractivity contribution in [2.45, 2.75) is 44.3 Å². The molecule has 4 aromatic rings. The van der Waals surface area contributed by atoms with Crippen LogP contribution in [0.15, 0.2) is 35.7 Å². The molecule has 4 rings (SSSR count). The number of sulfone groups is 1. The second-order valence-electron chi connectivity index (χ2n) is 8.99. The standard InChI is InChI=1S/C23H26ClN7O4S/c1-13-14(2)30-31-20(13)29-21-16-8-19(36(32,33)23(3,4)5)18(9-17(16)27-12-28-21)35-7-6-34-15-10-25-22(24)26-11-15/h8-12H,6-7H2,1-5H3,(H2,27,28,29,30,31). The fourth-order valence-electron chi connectivity index (χ4n) is 3.22. The number of aryl methyl sites for hydroxylation is 1. The molecule has 0 spiro atoms. The van der Waals surface area contributed by atoms with Crippen molar-refractivity contribution in [1.82, 2.24) is 30.1 Å². The molecule has 0 amide bonds.